The fraction of sp³-hybridized carbons (Fsp3) is 0.167. The number of fused-ring (bicyclic) bond motifs is 2. The van der Waals surface area contributed by atoms with Gasteiger partial charge in [-0.15, -0.1) is 0 Å². The van der Waals surface area contributed by atoms with Crippen molar-refractivity contribution in [2.75, 3.05) is 0 Å². The maximum Gasteiger partial charge on any atom is 0.112 e. The second-order valence-corrected chi connectivity index (χ2v) is 8.38. The zero-order valence-corrected chi connectivity index (χ0v) is 9.12. The first kappa shape index (κ1) is 8.51. The Bertz CT molecular complexity index is 329. The molecule has 0 spiro atoms. The fourth-order valence-corrected chi connectivity index (χ4v) is 4.13. The van der Waals surface area contributed by atoms with E-state index in [1.165, 1.54) is 10.4 Å². The van der Waals surface area contributed by atoms with Crippen LogP contribution in [-0.4, -0.2) is 8.07 Å². The van der Waals surface area contributed by atoms with Crippen LogP contribution in [0.4, 0.5) is 0 Å². The highest BCUT2D eigenvalue weighted by molar-refractivity contribution is 6.91. The highest BCUT2D eigenvalue weighted by atomic mass is 28.3. The van der Waals surface area contributed by atoms with Gasteiger partial charge in [-0.3, -0.25) is 0 Å². The third-order valence-electron chi connectivity index (χ3n) is 2.77. The molecule has 2 aliphatic heterocycles. The van der Waals surface area contributed by atoms with E-state index in [0.717, 1.165) is 0 Å². The molecule has 0 nitrogen and oxygen atoms in total. The van der Waals surface area contributed by atoms with Crippen LogP contribution in [0.2, 0.25) is 13.1 Å². The molecule has 0 radical (unpaired) electrons. The third-order valence-corrected chi connectivity index (χ3v) is 6.32. The largest absolute Gasteiger partial charge is 0.112 e. The molecule has 1 heteroatoms. The van der Waals surface area contributed by atoms with Gasteiger partial charge >= 0.3 is 0 Å². The molecule has 2 aliphatic rings. The molecule has 0 atom stereocenters. The number of hydrogen-bond acceptors (Lipinski definition) is 0. The van der Waals surface area contributed by atoms with E-state index in [1.807, 2.05) is 0 Å². The lowest BCUT2D eigenvalue weighted by molar-refractivity contribution is 1.66. The number of allylic oxidation sites excluding steroid dienone is 10. The van der Waals surface area contributed by atoms with Crippen molar-refractivity contribution in [3.63, 3.8) is 0 Å². The van der Waals surface area contributed by atoms with Crippen LogP contribution in [0.5, 0.6) is 0 Å². The fourth-order valence-electron chi connectivity index (χ4n) is 1.75. The molecule has 0 unspecified atom stereocenters. The minimum atomic E-state index is -1.35. The van der Waals surface area contributed by atoms with Gasteiger partial charge in [0.15, 0.2) is 0 Å². The van der Waals surface area contributed by atoms with Crippen LogP contribution in [0.1, 0.15) is 0 Å². The second-order valence-electron chi connectivity index (χ2n) is 3.97. The van der Waals surface area contributed by atoms with Crippen LogP contribution in [0, 0.1) is 0 Å². The summed E-state index contributed by atoms with van der Waals surface area (Å²) in [5.41, 5.74) is 0. The van der Waals surface area contributed by atoms with Crippen molar-refractivity contribution in [1.29, 1.82) is 0 Å². The summed E-state index contributed by atoms with van der Waals surface area (Å²) in [7, 11) is -1.35. The molecule has 2 bridgehead atoms. The predicted molar refractivity (Wildman–Crippen MR) is 61.1 cm³/mol. The molecule has 0 amide bonds. The monoisotopic (exact) mass is 186 g/mol. The minimum absolute atomic E-state index is 1.35. The molecule has 2 heterocycles. The van der Waals surface area contributed by atoms with E-state index in [2.05, 4.69) is 61.7 Å². The summed E-state index contributed by atoms with van der Waals surface area (Å²) < 4.78 is 0. The van der Waals surface area contributed by atoms with Gasteiger partial charge in [-0.25, -0.2) is 0 Å². The van der Waals surface area contributed by atoms with Crippen LogP contribution in [0.15, 0.2) is 59.0 Å². The zero-order chi connectivity index (χ0) is 9.31. The van der Waals surface area contributed by atoms with Crippen LogP contribution < -0.4 is 0 Å². The summed E-state index contributed by atoms with van der Waals surface area (Å²) in [5.74, 6) is 0. The average Bonchev–Trinajstić information content (AvgIpc) is 2.32. The summed E-state index contributed by atoms with van der Waals surface area (Å²) in [6, 6.07) is 0. The Morgan fingerprint density at radius 3 is 1.69 bits per heavy atom. The van der Waals surface area contributed by atoms with E-state index >= 15 is 0 Å². The van der Waals surface area contributed by atoms with E-state index < -0.39 is 8.07 Å². The molecule has 0 aromatic heterocycles. The topological polar surface area (TPSA) is 0 Å². The van der Waals surface area contributed by atoms with Crippen LogP contribution in [-0.2, 0) is 0 Å². The Balaban J connectivity index is 2.63. The van der Waals surface area contributed by atoms with Crippen LogP contribution in [0.3, 0.4) is 0 Å². The van der Waals surface area contributed by atoms with Crippen molar-refractivity contribution >= 4 is 8.07 Å². The summed E-state index contributed by atoms with van der Waals surface area (Å²) in [6.07, 6.45) is 17.6. The van der Waals surface area contributed by atoms with Gasteiger partial charge < -0.3 is 0 Å². The molecule has 66 valence electrons. The summed E-state index contributed by atoms with van der Waals surface area (Å²) in [5, 5.41) is 3.02. The third kappa shape index (κ3) is 1.40. The molecule has 13 heavy (non-hydrogen) atoms. The molecule has 0 aromatic rings. The highest BCUT2D eigenvalue weighted by Gasteiger charge is 2.28. The predicted octanol–water partition coefficient (Wildman–Crippen LogP) is 3.32. The number of hydrogen-bond donors (Lipinski definition) is 0. The standard InChI is InChI=1S/C12H14Si/c1-13(2)11-7-3-4-8-12(13)10-6-5-9-11/h3-10H,1-2H3. The van der Waals surface area contributed by atoms with Gasteiger partial charge in [0.05, 0.1) is 0 Å². The number of rotatable bonds is 0. The van der Waals surface area contributed by atoms with Gasteiger partial charge in [-0.2, -0.15) is 0 Å². The van der Waals surface area contributed by atoms with E-state index in [1.54, 1.807) is 0 Å². The lowest BCUT2D eigenvalue weighted by Gasteiger charge is -2.23. The van der Waals surface area contributed by atoms with Crippen molar-refractivity contribution in [2.24, 2.45) is 0 Å². The maximum absolute atomic E-state index is 2.40. The Morgan fingerprint density at radius 1 is 0.769 bits per heavy atom. The summed E-state index contributed by atoms with van der Waals surface area (Å²) in [6.45, 7) is 4.80. The van der Waals surface area contributed by atoms with Gasteiger partial charge in [0.2, 0.25) is 0 Å². The highest BCUT2D eigenvalue weighted by Crippen LogP contribution is 2.29. The molecule has 0 saturated heterocycles. The smallest absolute Gasteiger partial charge is 0.0626 e. The molecule has 0 saturated carbocycles. The van der Waals surface area contributed by atoms with Gasteiger partial charge in [-0.1, -0.05) is 72.1 Å². The average molecular weight is 186 g/mol. The van der Waals surface area contributed by atoms with E-state index in [0.29, 0.717) is 0 Å². The first-order chi connectivity index (χ1) is 6.21. The van der Waals surface area contributed by atoms with Crippen molar-refractivity contribution in [1.82, 2.24) is 0 Å². The molecular weight excluding hydrogens is 172 g/mol. The van der Waals surface area contributed by atoms with Crippen molar-refractivity contribution in [3.8, 4) is 0 Å². The Labute approximate surface area is 80.7 Å². The Hall–Kier alpha value is -1.08. The molecule has 2 rings (SSSR count). The van der Waals surface area contributed by atoms with E-state index in [-0.39, 0.29) is 0 Å². The molecule has 0 aliphatic carbocycles. The molecule has 0 aromatic carbocycles. The lowest BCUT2D eigenvalue weighted by atomic mass is 10.3. The minimum Gasteiger partial charge on any atom is -0.0626 e. The molecule has 0 fully saturated rings. The van der Waals surface area contributed by atoms with Gasteiger partial charge in [0.25, 0.3) is 0 Å². The van der Waals surface area contributed by atoms with Crippen LogP contribution >= 0.6 is 0 Å². The van der Waals surface area contributed by atoms with Gasteiger partial charge in [0.1, 0.15) is 8.07 Å². The normalized spacial score (nSPS) is 23.2. The zero-order valence-electron chi connectivity index (χ0n) is 8.12. The first-order valence-electron chi connectivity index (χ1n) is 4.65. The van der Waals surface area contributed by atoms with Crippen LogP contribution in [0.25, 0.3) is 0 Å². The van der Waals surface area contributed by atoms with Crippen molar-refractivity contribution < 1.29 is 0 Å². The van der Waals surface area contributed by atoms with Crippen molar-refractivity contribution in [2.45, 2.75) is 13.1 Å². The van der Waals surface area contributed by atoms with E-state index in [4.69, 9.17) is 0 Å². The Morgan fingerprint density at radius 2 is 1.23 bits per heavy atom. The second kappa shape index (κ2) is 3.00. The first-order valence-corrected chi connectivity index (χ1v) is 7.65. The van der Waals surface area contributed by atoms with Gasteiger partial charge in [-0.05, 0) is 0 Å². The summed E-state index contributed by atoms with van der Waals surface area (Å²) in [4.78, 5) is 0. The SMILES string of the molecule is C[Si]1(C)C2=CC=CC=C1C=CC=C2. The quantitative estimate of drug-likeness (QED) is 0.509. The summed E-state index contributed by atoms with van der Waals surface area (Å²) >= 11 is 0. The Kier molecular flexibility index (Phi) is 1.96. The molecule has 0 N–H and O–H groups in total. The van der Waals surface area contributed by atoms with Gasteiger partial charge in [0, 0.05) is 0 Å². The lowest BCUT2D eigenvalue weighted by Crippen LogP contribution is -2.30. The van der Waals surface area contributed by atoms with E-state index in [9.17, 15) is 0 Å². The molecular formula is C12H14Si. The van der Waals surface area contributed by atoms with Crippen molar-refractivity contribution in [3.05, 3.63) is 59.0 Å². The maximum atomic E-state index is 2.40.